The first kappa shape index (κ1) is 13.0. The van der Waals surface area contributed by atoms with Crippen LogP contribution in [0.5, 0.6) is 5.75 Å². The summed E-state index contributed by atoms with van der Waals surface area (Å²) in [4.78, 5) is 2.20. The fourth-order valence-electron chi connectivity index (χ4n) is 1.78. The molecule has 1 unspecified atom stereocenters. The van der Waals surface area contributed by atoms with Gasteiger partial charge in [-0.25, -0.2) is 0 Å². The molecule has 0 amide bonds. The molecule has 1 N–H and O–H groups in total. The molecular weight excluding hydrogens is 200 g/mol. The van der Waals surface area contributed by atoms with Crippen LogP contribution in [0.1, 0.15) is 5.56 Å². The fourth-order valence-corrected chi connectivity index (χ4v) is 1.78. The van der Waals surface area contributed by atoms with Gasteiger partial charge in [0.05, 0.1) is 7.11 Å². The van der Waals surface area contributed by atoms with Gasteiger partial charge in [-0.3, -0.25) is 0 Å². The number of hydrogen-bond donors (Lipinski definition) is 1. The Morgan fingerprint density at radius 1 is 1.38 bits per heavy atom. The van der Waals surface area contributed by atoms with Crippen LogP contribution in [0, 0.1) is 0 Å². The maximum absolute atomic E-state index is 5.22. The van der Waals surface area contributed by atoms with Gasteiger partial charge in [0.1, 0.15) is 5.75 Å². The van der Waals surface area contributed by atoms with E-state index in [1.807, 2.05) is 19.2 Å². The van der Waals surface area contributed by atoms with E-state index in [4.69, 9.17) is 4.74 Å². The van der Waals surface area contributed by atoms with Crippen molar-refractivity contribution in [2.24, 2.45) is 0 Å². The van der Waals surface area contributed by atoms with Crippen LogP contribution in [0.15, 0.2) is 24.3 Å². The van der Waals surface area contributed by atoms with Crippen molar-refractivity contribution >= 4 is 0 Å². The quantitative estimate of drug-likeness (QED) is 0.787. The van der Waals surface area contributed by atoms with E-state index in [0.717, 1.165) is 18.7 Å². The summed E-state index contributed by atoms with van der Waals surface area (Å²) >= 11 is 0. The molecule has 90 valence electrons. The smallest absolute Gasteiger partial charge is 0.119 e. The van der Waals surface area contributed by atoms with Crippen molar-refractivity contribution < 1.29 is 4.74 Å². The second kappa shape index (κ2) is 6.51. The van der Waals surface area contributed by atoms with Crippen molar-refractivity contribution in [3.05, 3.63) is 29.8 Å². The number of ether oxygens (including phenoxy) is 1. The normalized spacial score (nSPS) is 12.8. The molecule has 0 aliphatic carbocycles. The largest absolute Gasteiger partial charge is 0.497 e. The first-order valence-corrected chi connectivity index (χ1v) is 5.60. The fraction of sp³-hybridized carbons (Fsp3) is 0.538. The topological polar surface area (TPSA) is 24.5 Å². The molecule has 0 bridgehead atoms. The molecule has 0 heterocycles. The highest BCUT2D eigenvalue weighted by molar-refractivity contribution is 5.28. The Balaban J connectivity index is 2.62. The number of hydrogen-bond acceptors (Lipinski definition) is 3. The van der Waals surface area contributed by atoms with Crippen molar-refractivity contribution in [3.63, 3.8) is 0 Å². The Hall–Kier alpha value is -1.06. The van der Waals surface area contributed by atoms with E-state index in [9.17, 15) is 0 Å². The minimum atomic E-state index is 0.474. The monoisotopic (exact) mass is 222 g/mol. The predicted octanol–water partition coefficient (Wildman–Crippen LogP) is 1.39. The van der Waals surface area contributed by atoms with Crippen LogP contribution in [0.25, 0.3) is 0 Å². The lowest BCUT2D eigenvalue weighted by Crippen LogP contribution is -2.37. The standard InChI is InChI=1S/C13H22N2O/c1-14-12(10-15(2)3)8-11-6-5-7-13(9-11)16-4/h5-7,9,12,14H,8,10H2,1-4H3. The van der Waals surface area contributed by atoms with Gasteiger partial charge in [0, 0.05) is 12.6 Å². The third kappa shape index (κ3) is 4.21. The lowest BCUT2D eigenvalue weighted by atomic mass is 10.1. The summed E-state index contributed by atoms with van der Waals surface area (Å²) in [6, 6.07) is 8.73. The van der Waals surface area contributed by atoms with Crippen LogP contribution in [-0.4, -0.2) is 45.7 Å². The van der Waals surface area contributed by atoms with Gasteiger partial charge < -0.3 is 15.0 Å². The Bertz CT molecular complexity index is 313. The van der Waals surface area contributed by atoms with Gasteiger partial charge in [0.25, 0.3) is 0 Å². The molecule has 0 aliphatic rings. The predicted molar refractivity (Wildman–Crippen MR) is 68.1 cm³/mol. The number of methoxy groups -OCH3 is 1. The molecule has 0 aromatic heterocycles. The second-order valence-corrected chi connectivity index (χ2v) is 4.30. The number of nitrogens with zero attached hydrogens (tertiary/aromatic N) is 1. The Kier molecular flexibility index (Phi) is 5.29. The van der Waals surface area contributed by atoms with Crippen molar-refractivity contribution in [3.8, 4) is 5.75 Å². The van der Waals surface area contributed by atoms with E-state index in [0.29, 0.717) is 6.04 Å². The van der Waals surface area contributed by atoms with Crippen LogP contribution in [0.4, 0.5) is 0 Å². The zero-order valence-corrected chi connectivity index (χ0v) is 10.7. The van der Waals surface area contributed by atoms with Crippen molar-refractivity contribution in [1.82, 2.24) is 10.2 Å². The summed E-state index contributed by atoms with van der Waals surface area (Å²) in [5.41, 5.74) is 1.31. The van der Waals surface area contributed by atoms with Crippen LogP contribution < -0.4 is 10.1 Å². The molecule has 3 heteroatoms. The summed E-state index contributed by atoms with van der Waals surface area (Å²) in [6.07, 6.45) is 1.02. The van der Waals surface area contributed by atoms with E-state index in [1.165, 1.54) is 5.56 Å². The molecule has 3 nitrogen and oxygen atoms in total. The Morgan fingerprint density at radius 3 is 2.69 bits per heavy atom. The molecule has 0 fully saturated rings. The van der Waals surface area contributed by atoms with Crippen molar-refractivity contribution in [2.75, 3.05) is 34.8 Å². The number of nitrogens with one attached hydrogen (secondary N) is 1. The molecule has 0 radical (unpaired) electrons. The first-order chi connectivity index (χ1) is 7.65. The van der Waals surface area contributed by atoms with Crippen LogP contribution >= 0.6 is 0 Å². The van der Waals surface area contributed by atoms with E-state index < -0.39 is 0 Å². The zero-order valence-electron chi connectivity index (χ0n) is 10.7. The van der Waals surface area contributed by atoms with E-state index >= 15 is 0 Å². The highest BCUT2D eigenvalue weighted by Gasteiger charge is 2.08. The number of likely N-dealkylation sites (N-methyl/N-ethyl adjacent to an activating group) is 2. The maximum Gasteiger partial charge on any atom is 0.119 e. The van der Waals surface area contributed by atoms with E-state index in [2.05, 4.69) is 36.4 Å². The summed E-state index contributed by atoms with van der Waals surface area (Å²) in [7, 11) is 7.90. The molecular formula is C13H22N2O. The van der Waals surface area contributed by atoms with Gasteiger partial charge in [-0.05, 0) is 45.3 Å². The molecule has 1 atom stereocenters. The third-order valence-electron chi connectivity index (χ3n) is 2.61. The summed E-state index contributed by atoms with van der Waals surface area (Å²) in [6.45, 7) is 1.04. The van der Waals surface area contributed by atoms with Gasteiger partial charge >= 0.3 is 0 Å². The lowest BCUT2D eigenvalue weighted by molar-refractivity contribution is 0.346. The molecule has 1 aromatic carbocycles. The SMILES string of the molecule is CNC(Cc1cccc(OC)c1)CN(C)C. The van der Waals surface area contributed by atoms with Gasteiger partial charge in [-0.2, -0.15) is 0 Å². The molecule has 0 aliphatic heterocycles. The van der Waals surface area contributed by atoms with Gasteiger partial charge in [0.2, 0.25) is 0 Å². The minimum Gasteiger partial charge on any atom is -0.497 e. The Labute approximate surface area is 98.4 Å². The van der Waals surface area contributed by atoms with Gasteiger partial charge in [-0.15, -0.1) is 0 Å². The Morgan fingerprint density at radius 2 is 2.12 bits per heavy atom. The van der Waals surface area contributed by atoms with Gasteiger partial charge in [-0.1, -0.05) is 12.1 Å². The maximum atomic E-state index is 5.22. The highest BCUT2D eigenvalue weighted by atomic mass is 16.5. The lowest BCUT2D eigenvalue weighted by Gasteiger charge is -2.20. The molecule has 16 heavy (non-hydrogen) atoms. The van der Waals surface area contributed by atoms with Crippen molar-refractivity contribution in [1.29, 1.82) is 0 Å². The van der Waals surface area contributed by atoms with Crippen LogP contribution in [0.2, 0.25) is 0 Å². The summed E-state index contributed by atoms with van der Waals surface area (Å²) in [5.74, 6) is 0.928. The average molecular weight is 222 g/mol. The molecule has 0 spiro atoms. The third-order valence-corrected chi connectivity index (χ3v) is 2.61. The first-order valence-electron chi connectivity index (χ1n) is 5.60. The minimum absolute atomic E-state index is 0.474. The molecule has 0 saturated carbocycles. The van der Waals surface area contributed by atoms with E-state index in [-0.39, 0.29) is 0 Å². The summed E-state index contributed by atoms with van der Waals surface area (Å²) < 4.78 is 5.22. The van der Waals surface area contributed by atoms with Crippen molar-refractivity contribution in [2.45, 2.75) is 12.5 Å². The van der Waals surface area contributed by atoms with Gasteiger partial charge in [0.15, 0.2) is 0 Å². The number of benzene rings is 1. The van der Waals surface area contributed by atoms with E-state index in [1.54, 1.807) is 7.11 Å². The number of rotatable bonds is 6. The van der Waals surface area contributed by atoms with Crippen LogP contribution in [0.3, 0.4) is 0 Å². The molecule has 1 rings (SSSR count). The summed E-state index contributed by atoms with van der Waals surface area (Å²) in [5, 5.41) is 3.34. The average Bonchev–Trinajstić information content (AvgIpc) is 2.28. The zero-order chi connectivity index (χ0) is 12.0. The highest BCUT2D eigenvalue weighted by Crippen LogP contribution is 2.14. The molecule has 0 saturated heterocycles. The molecule has 1 aromatic rings. The van der Waals surface area contributed by atoms with Crippen LogP contribution in [-0.2, 0) is 6.42 Å². The second-order valence-electron chi connectivity index (χ2n) is 4.30.